The van der Waals surface area contributed by atoms with Gasteiger partial charge in [-0.25, -0.2) is 8.42 Å². The molecule has 0 spiro atoms. The van der Waals surface area contributed by atoms with E-state index in [1.54, 1.807) is 18.2 Å². The second-order valence-electron chi connectivity index (χ2n) is 8.57. The Morgan fingerprint density at radius 2 is 1.81 bits per heavy atom. The van der Waals surface area contributed by atoms with Gasteiger partial charge in [0.05, 0.1) is 4.90 Å². The molecule has 0 aromatic heterocycles. The molecule has 0 bridgehead atoms. The lowest BCUT2D eigenvalue weighted by molar-refractivity contribution is -0.125. The molecule has 32 heavy (non-hydrogen) atoms. The minimum atomic E-state index is -3.58. The van der Waals surface area contributed by atoms with Crippen LogP contribution in [0.4, 0.5) is 5.69 Å². The minimum absolute atomic E-state index is 0.225. The molecule has 0 saturated carbocycles. The van der Waals surface area contributed by atoms with Gasteiger partial charge >= 0.3 is 0 Å². The summed E-state index contributed by atoms with van der Waals surface area (Å²) in [6.07, 6.45) is 3.07. The Labute approximate surface area is 189 Å². The normalized spacial score (nSPS) is 18.9. The Morgan fingerprint density at radius 3 is 2.50 bits per heavy atom. The molecule has 0 unspecified atom stereocenters. The highest BCUT2D eigenvalue weighted by atomic mass is 32.2. The first-order valence-electron chi connectivity index (χ1n) is 11.0. The number of rotatable bonds is 5. The maximum atomic E-state index is 13.1. The van der Waals surface area contributed by atoms with Gasteiger partial charge in [0, 0.05) is 38.7 Å². The van der Waals surface area contributed by atoms with Crippen molar-refractivity contribution >= 4 is 27.5 Å². The lowest BCUT2D eigenvalue weighted by Gasteiger charge is -2.26. The SMILES string of the molecule is CC(=O)N1c2ccc(S(=O)(=O)N3CCCCC3)cc2C[C@H]1C(=O)NCc1cccc(C)c1. The van der Waals surface area contributed by atoms with E-state index in [1.807, 2.05) is 31.2 Å². The Hall–Kier alpha value is -2.71. The number of fused-ring (bicyclic) bond motifs is 1. The predicted octanol–water partition coefficient (Wildman–Crippen LogP) is 2.76. The first kappa shape index (κ1) is 22.5. The summed E-state index contributed by atoms with van der Waals surface area (Å²) in [5, 5.41) is 2.93. The lowest BCUT2D eigenvalue weighted by atomic mass is 10.1. The van der Waals surface area contributed by atoms with Gasteiger partial charge in [0.1, 0.15) is 6.04 Å². The van der Waals surface area contributed by atoms with Crippen LogP contribution in [0, 0.1) is 6.92 Å². The van der Waals surface area contributed by atoms with Crippen LogP contribution in [-0.4, -0.2) is 43.7 Å². The van der Waals surface area contributed by atoms with E-state index in [0.717, 1.165) is 30.4 Å². The minimum Gasteiger partial charge on any atom is -0.350 e. The summed E-state index contributed by atoms with van der Waals surface area (Å²) in [4.78, 5) is 27.1. The molecule has 1 fully saturated rings. The number of sulfonamides is 1. The van der Waals surface area contributed by atoms with E-state index >= 15 is 0 Å². The molecule has 1 saturated heterocycles. The van der Waals surface area contributed by atoms with E-state index in [0.29, 0.717) is 30.9 Å². The van der Waals surface area contributed by atoms with Crippen molar-refractivity contribution in [2.45, 2.75) is 57.0 Å². The number of amides is 2. The molecule has 8 heteroatoms. The summed E-state index contributed by atoms with van der Waals surface area (Å²) in [6, 6.07) is 12.0. The molecular weight excluding hydrogens is 426 g/mol. The van der Waals surface area contributed by atoms with Crippen molar-refractivity contribution in [3.63, 3.8) is 0 Å². The van der Waals surface area contributed by atoms with Gasteiger partial charge < -0.3 is 5.32 Å². The van der Waals surface area contributed by atoms with Gasteiger partial charge in [0.25, 0.3) is 0 Å². The number of nitrogens with one attached hydrogen (secondary N) is 1. The average Bonchev–Trinajstić information content (AvgIpc) is 3.17. The van der Waals surface area contributed by atoms with Crippen LogP contribution in [0.1, 0.15) is 42.9 Å². The van der Waals surface area contributed by atoms with Crippen LogP contribution < -0.4 is 10.2 Å². The monoisotopic (exact) mass is 455 g/mol. The fourth-order valence-electron chi connectivity index (χ4n) is 4.57. The van der Waals surface area contributed by atoms with Gasteiger partial charge in [-0.3, -0.25) is 14.5 Å². The molecule has 2 aliphatic rings. The second kappa shape index (κ2) is 9.03. The number of anilines is 1. The fourth-order valence-corrected chi connectivity index (χ4v) is 6.14. The molecular formula is C24H29N3O4S. The number of benzene rings is 2. The molecule has 2 amide bonds. The van der Waals surface area contributed by atoms with Crippen molar-refractivity contribution in [3.8, 4) is 0 Å². The molecule has 2 aliphatic heterocycles. The van der Waals surface area contributed by atoms with Crippen molar-refractivity contribution in [1.29, 1.82) is 0 Å². The van der Waals surface area contributed by atoms with Crippen LogP contribution in [0.15, 0.2) is 47.4 Å². The third-order valence-corrected chi connectivity index (χ3v) is 8.07. The highest BCUT2D eigenvalue weighted by Crippen LogP contribution is 2.35. The Kier molecular flexibility index (Phi) is 6.35. The molecule has 2 heterocycles. The van der Waals surface area contributed by atoms with Crippen LogP contribution in [0.2, 0.25) is 0 Å². The largest absolute Gasteiger partial charge is 0.350 e. The van der Waals surface area contributed by atoms with Gasteiger partial charge in [0.15, 0.2) is 0 Å². The maximum Gasteiger partial charge on any atom is 0.243 e. The van der Waals surface area contributed by atoms with Crippen molar-refractivity contribution in [2.24, 2.45) is 0 Å². The molecule has 170 valence electrons. The third kappa shape index (κ3) is 4.42. The van der Waals surface area contributed by atoms with E-state index in [1.165, 1.54) is 16.1 Å². The van der Waals surface area contributed by atoms with Crippen molar-refractivity contribution in [1.82, 2.24) is 9.62 Å². The molecule has 4 rings (SSSR count). The number of carbonyl (C=O) groups is 2. The summed E-state index contributed by atoms with van der Waals surface area (Å²) in [5.74, 6) is -0.496. The van der Waals surface area contributed by atoms with Crippen LogP contribution in [-0.2, 0) is 32.6 Å². The number of hydrogen-bond donors (Lipinski definition) is 1. The van der Waals surface area contributed by atoms with Gasteiger partial charge in [-0.05, 0) is 49.1 Å². The van der Waals surface area contributed by atoms with Gasteiger partial charge in [-0.2, -0.15) is 4.31 Å². The van der Waals surface area contributed by atoms with E-state index < -0.39 is 16.1 Å². The molecule has 1 N–H and O–H groups in total. The summed E-state index contributed by atoms with van der Waals surface area (Å²) >= 11 is 0. The Bertz CT molecular complexity index is 1140. The highest BCUT2D eigenvalue weighted by molar-refractivity contribution is 7.89. The van der Waals surface area contributed by atoms with Gasteiger partial charge in [0.2, 0.25) is 21.8 Å². The zero-order valence-electron chi connectivity index (χ0n) is 18.5. The van der Waals surface area contributed by atoms with E-state index in [9.17, 15) is 18.0 Å². The molecule has 0 radical (unpaired) electrons. The first-order chi connectivity index (χ1) is 15.3. The number of hydrogen-bond acceptors (Lipinski definition) is 4. The van der Waals surface area contributed by atoms with E-state index in [2.05, 4.69) is 5.32 Å². The number of piperidine rings is 1. The summed E-state index contributed by atoms with van der Waals surface area (Å²) < 4.78 is 27.7. The van der Waals surface area contributed by atoms with E-state index in [-0.39, 0.29) is 23.1 Å². The average molecular weight is 456 g/mol. The highest BCUT2D eigenvalue weighted by Gasteiger charge is 2.38. The Balaban J connectivity index is 1.55. The van der Waals surface area contributed by atoms with Crippen LogP contribution in [0.25, 0.3) is 0 Å². The zero-order chi connectivity index (χ0) is 22.9. The van der Waals surface area contributed by atoms with Crippen LogP contribution in [0.3, 0.4) is 0 Å². The zero-order valence-corrected chi connectivity index (χ0v) is 19.3. The third-order valence-electron chi connectivity index (χ3n) is 6.18. The standard InChI is InChI=1S/C24H29N3O4S/c1-17-7-6-8-19(13-17)16-25-24(29)23-15-20-14-21(9-10-22(20)27(23)18(2)28)32(30,31)26-11-4-3-5-12-26/h6-10,13-14,23H,3-5,11-12,15-16H2,1-2H3,(H,25,29)/t23-/m0/s1. The van der Waals surface area contributed by atoms with Gasteiger partial charge in [-0.15, -0.1) is 0 Å². The molecule has 2 aromatic rings. The number of carbonyl (C=O) groups excluding carboxylic acids is 2. The molecule has 2 aromatic carbocycles. The number of nitrogens with zero attached hydrogens (tertiary/aromatic N) is 2. The van der Waals surface area contributed by atoms with E-state index in [4.69, 9.17) is 0 Å². The topological polar surface area (TPSA) is 86.8 Å². The summed E-state index contributed by atoms with van der Waals surface area (Å²) in [6.45, 7) is 4.85. The van der Waals surface area contributed by atoms with Gasteiger partial charge in [-0.1, -0.05) is 36.2 Å². The quantitative estimate of drug-likeness (QED) is 0.751. The molecule has 1 atom stereocenters. The smallest absolute Gasteiger partial charge is 0.243 e. The first-order valence-corrected chi connectivity index (χ1v) is 12.5. The Morgan fingerprint density at radius 1 is 1.06 bits per heavy atom. The molecule has 0 aliphatic carbocycles. The van der Waals surface area contributed by atoms with Crippen LogP contribution in [0.5, 0.6) is 0 Å². The van der Waals surface area contributed by atoms with Crippen LogP contribution >= 0.6 is 0 Å². The summed E-state index contributed by atoms with van der Waals surface area (Å²) in [7, 11) is -3.58. The van der Waals surface area contributed by atoms with Crippen molar-refractivity contribution in [2.75, 3.05) is 18.0 Å². The predicted molar refractivity (Wildman–Crippen MR) is 123 cm³/mol. The molecule has 7 nitrogen and oxygen atoms in total. The number of aryl methyl sites for hydroxylation is 1. The second-order valence-corrected chi connectivity index (χ2v) is 10.5. The maximum absolute atomic E-state index is 13.1. The lowest BCUT2D eigenvalue weighted by Crippen LogP contribution is -2.47. The summed E-state index contributed by atoms with van der Waals surface area (Å²) in [5.41, 5.74) is 3.40. The van der Waals surface area contributed by atoms with Crippen molar-refractivity contribution < 1.29 is 18.0 Å². The fraction of sp³-hybridized carbons (Fsp3) is 0.417. The van der Waals surface area contributed by atoms with Crippen molar-refractivity contribution in [3.05, 3.63) is 59.2 Å².